The Hall–Kier alpha value is -1.93. The topological polar surface area (TPSA) is 58.1 Å². The number of nitrogens with one attached hydrogen (secondary N) is 1. The molecule has 1 aliphatic heterocycles. The molecule has 1 aromatic rings. The predicted octanol–water partition coefficient (Wildman–Crippen LogP) is 2.58. The summed E-state index contributed by atoms with van der Waals surface area (Å²) < 4.78 is 52.1. The van der Waals surface area contributed by atoms with Crippen molar-refractivity contribution >= 4 is 11.7 Å². The minimum atomic E-state index is -4.40. The SMILES string of the molecule is C[C@@H](Nc1cc(C23CC(F)(C2)C3)ncn1)C(=O)N1CC[C@@H]1C(F)(F)F. The van der Waals surface area contributed by atoms with Crippen LogP contribution < -0.4 is 5.32 Å². The maximum absolute atomic E-state index is 13.7. The summed E-state index contributed by atoms with van der Waals surface area (Å²) in [4.78, 5) is 21.3. The zero-order valence-electron chi connectivity index (χ0n) is 13.6. The number of likely N-dealkylation sites (tertiary alicyclic amines) is 1. The van der Waals surface area contributed by atoms with Crippen molar-refractivity contribution in [3.8, 4) is 0 Å². The van der Waals surface area contributed by atoms with Gasteiger partial charge < -0.3 is 10.2 Å². The molecule has 2 heterocycles. The Morgan fingerprint density at radius 2 is 2.04 bits per heavy atom. The van der Waals surface area contributed by atoms with E-state index in [1.165, 1.54) is 13.3 Å². The Morgan fingerprint density at radius 3 is 2.56 bits per heavy atom. The highest BCUT2D eigenvalue weighted by molar-refractivity contribution is 5.85. The number of anilines is 1. The molecule has 136 valence electrons. The van der Waals surface area contributed by atoms with E-state index in [0.29, 0.717) is 25.1 Å². The van der Waals surface area contributed by atoms with Gasteiger partial charge in [0, 0.05) is 18.0 Å². The molecular formula is C16H18F4N4O. The summed E-state index contributed by atoms with van der Waals surface area (Å²) in [6.07, 6.45) is -1.78. The first-order chi connectivity index (χ1) is 11.6. The molecule has 4 fully saturated rings. The summed E-state index contributed by atoms with van der Waals surface area (Å²) in [6, 6.07) is -0.875. The molecule has 5 rings (SSSR count). The summed E-state index contributed by atoms with van der Waals surface area (Å²) in [6.45, 7) is 1.61. The molecule has 1 saturated heterocycles. The fraction of sp³-hybridized carbons (Fsp3) is 0.688. The van der Waals surface area contributed by atoms with Gasteiger partial charge in [-0.25, -0.2) is 14.4 Å². The van der Waals surface area contributed by atoms with Crippen molar-refractivity contribution in [1.29, 1.82) is 0 Å². The smallest absolute Gasteiger partial charge is 0.359 e. The van der Waals surface area contributed by atoms with Crippen LogP contribution >= 0.6 is 0 Å². The average molecular weight is 358 g/mol. The zero-order valence-corrected chi connectivity index (χ0v) is 13.6. The lowest BCUT2D eigenvalue weighted by atomic mass is 9.41. The van der Waals surface area contributed by atoms with Gasteiger partial charge in [0.2, 0.25) is 5.91 Å². The Bertz CT molecular complexity index is 703. The van der Waals surface area contributed by atoms with Crippen molar-refractivity contribution in [2.75, 3.05) is 11.9 Å². The Kier molecular flexibility index (Phi) is 3.34. The molecule has 2 atom stereocenters. The molecule has 1 amide bonds. The first-order valence-corrected chi connectivity index (χ1v) is 8.27. The maximum atomic E-state index is 13.7. The van der Waals surface area contributed by atoms with Gasteiger partial charge in [0.25, 0.3) is 0 Å². The minimum Gasteiger partial charge on any atom is -0.359 e. The number of aromatic nitrogens is 2. The third-order valence-corrected chi connectivity index (χ3v) is 5.59. The van der Waals surface area contributed by atoms with Crippen molar-refractivity contribution in [3.63, 3.8) is 0 Å². The number of amides is 1. The lowest BCUT2D eigenvalue weighted by Crippen LogP contribution is -2.67. The summed E-state index contributed by atoms with van der Waals surface area (Å²) in [5.74, 6) is -0.241. The number of carbonyl (C=O) groups excluding carboxylic acids is 1. The van der Waals surface area contributed by atoms with Gasteiger partial charge in [0.15, 0.2) is 0 Å². The largest absolute Gasteiger partial charge is 0.408 e. The van der Waals surface area contributed by atoms with Gasteiger partial charge in [-0.05, 0) is 32.6 Å². The lowest BCUT2D eigenvalue weighted by Gasteiger charge is -2.65. The summed E-state index contributed by atoms with van der Waals surface area (Å²) in [7, 11) is 0. The van der Waals surface area contributed by atoms with Crippen LogP contribution in [0.5, 0.6) is 0 Å². The molecule has 1 aromatic heterocycles. The van der Waals surface area contributed by atoms with Gasteiger partial charge in [-0.2, -0.15) is 13.2 Å². The first kappa shape index (κ1) is 16.5. The number of hydrogen-bond donors (Lipinski definition) is 1. The summed E-state index contributed by atoms with van der Waals surface area (Å²) in [5, 5.41) is 2.85. The number of halogens is 4. The number of carbonyl (C=O) groups is 1. The van der Waals surface area contributed by atoms with Crippen LogP contribution in [0.25, 0.3) is 0 Å². The van der Waals surface area contributed by atoms with Crippen molar-refractivity contribution in [1.82, 2.24) is 14.9 Å². The highest BCUT2D eigenvalue weighted by Gasteiger charge is 2.70. The normalized spacial score (nSPS) is 34.4. The lowest BCUT2D eigenvalue weighted by molar-refractivity contribution is -0.212. The van der Waals surface area contributed by atoms with Crippen LogP contribution in [0.2, 0.25) is 0 Å². The Balaban J connectivity index is 1.41. The molecular weight excluding hydrogens is 340 g/mol. The van der Waals surface area contributed by atoms with Crippen LogP contribution in [0.1, 0.15) is 38.3 Å². The van der Waals surface area contributed by atoms with Gasteiger partial charge >= 0.3 is 6.18 Å². The highest BCUT2D eigenvalue weighted by Crippen LogP contribution is 2.69. The second kappa shape index (κ2) is 5.04. The van der Waals surface area contributed by atoms with Gasteiger partial charge in [-0.1, -0.05) is 0 Å². The van der Waals surface area contributed by atoms with E-state index >= 15 is 0 Å². The van der Waals surface area contributed by atoms with E-state index in [9.17, 15) is 22.4 Å². The van der Waals surface area contributed by atoms with E-state index in [-0.39, 0.29) is 18.4 Å². The summed E-state index contributed by atoms with van der Waals surface area (Å²) >= 11 is 0. The maximum Gasteiger partial charge on any atom is 0.408 e. The second-order valence-electron chi connectivity index (χ2n) is 7.49. The monoisotopic (exact) mass is 358 g/mol. The fourth-order valence-corrected chi connectivity index (χ4v) is 4.19. The Labute approximate surface area is 141 Å². The molecule has 4 aliphatic rings. The summed E-state index contributed by atoms with van der Waals surface area (Å²) in [5.41, 5.74) is -0.562. The zero-order chi connectivity index (χ0) is 18.0. The first-order valence-electron chi connectivity index (χ1n) is 8.27. The van der Waals surface area contributed by atoms with E-state index in [2.05, 4.69) is 15.3 Å². The van der Waals surface area contributed by atoms with Crippen molar-refractivity contribution in [2.45, 2.75) is 62.0 Å². The van der Waals surface area contributed by atoms with E-state index < -0.39 is 29.8 Å². The van der Waals surface area contributed by atoms with Crippen LogP contribution in [0.15, 0.2) is 12.4 Å². The highest BCUT2D eigenvalue weighted by atomic mass is 19.4. The van der Waals surface area contributed by atoms with E-state index in [4.69, 9.17) is 0 Å². The molecule has 5 nitrogen and oxygen atoms in total. The van der Waals surface area contributed by atoms with E-state index in [0.717, 1.165) is 10.6 Å². The molecule has 1 N–H and O–H groups in total. The molecule has 3 saturated carbocycles. The molecule has 3 aliphatic carbocycles. The standard InChI is InChI=1S/C16H18F4N4O/c1-9(13(25)24-3-2-11(24)16(18,19)20)23-12-4-10(21-8-22-12)14-5-15(17,6-14)7-14/h4,8-9,11H,2-3,5-7H2,1H3,(H,21,22,23)/t9-,11-,14?,15?/m1/s1. The van der Waals surface area contributed by atoms with Crippen LogP contribution in [-0.4, -0.2) is 51.2 Å². The van der Waals surface area contributed by atoms with E-state index in [1.54, 1.807) is 6.07 Å². The van der Waals surface area contributed by atoms with Gasteiger partial charge in [-0.15, -0.1) is 0 Å². The van der Waals surface area contributed by atoms with Crippen LogP contribution in [-0.2, 0) is 10.2 Å². The third-order valence-electron chi connectivity index (χ3n) is 5.59. The molecule has 0 radical (unpaired) electrons. The van der Waals surface area contributed by atoms with Gasteiger partial charge in [-0.3, -0.25) is 4.79 Å². The van der Waals surface area contributed by atoms with Crippen LogP contribution in [0.3, 0.4) is 0 Å². The van der Waals surface area contributed by atoms with Crippen molar-refractivity contribution < 1.29 is 22.4 Å². The number of alkyl halides is 4. The van der Waals surface area contributed by atoms with Crippen molar-refractivity contribution in [3.05, 3.63) is 18.1 Å². The molecule has 25 heavy (non-hydrogen) atoms. The second-order valence-corrected chi connectivity index (χ2v) is 7.49. The fourth-order valence-electron chi connectivity index (χ4n) is 4.19. The Morgan fingerprint density at radius 1 is 1.36 bits per heavy atom. The predicted molar refractivity (Wildman–Crippen MR) is 80.7 cm³/mol. The minimum absolute atomic E-state index is 0.0624. The molecule has 0 aromatic carbocycles. The van der Waals surface area contributed by atoms with Crippen molar-refractivity contribution in [2.24, 2.45) is 0 Å². The number of nitrogens with zero attached hydrogens (tertiary/aromatic N) is 3. The number of rotatable bonds is 4. The third kappa shape index (κ3) is 2.55. The van der Waals surface area contributed by atoms with Crippen LogP contribution in [0.4, 0.5) is 23.4 Å². The van der Waals surface area contributed by atoms with Gasteiger partial charge in [0.1, 0.15) is 29.9 Å². The van der Waals surface area contributed by atoms with E-state index in [1.807, 2.05) is 0 Å². The molecule has 0 unspecified atom stereocenters. The quantitative estimate of drug-likeness (QED) is 0.841. The van der Waals surface area contributed by atoms with Crippen LogP contribution in [0, 0.1) is 0 Å². The van der Waals surface area contributed by atoms with Gasteiger partial charge in [0.05, 0.1) is 5.69 Å². The molecule has 0 spiro atoms. The number of hydrogen-bond acceptors (Lipinski definition) is 4. The average Bonchev–Trinajstić information content (AvgIpc) is 2.40. The molecule has 2 bridgehead atoms. The molecule has 9 heteroatoms.